The maximum absolute atomic E-state index is 12.1. The molecular weight excluding hydrogens is 339 g/mol. The fourth-order valence-corrected chi connectivity index (χ4v) is 2.29. The monoisotopic (exact) mass is 354 g/mol. The second-order valence-electron chi connectivity index (χ2n) is 4.89. The minimum atomic E-state index is -0.694. The molecule has 0 fully saturated rings. The number of nitrogens with zero attached hydrogens (tertiary/aromatic N) is 2. The Morgan fingerprint density at radius 3 is 2.83 bits per heavy atom. The lowest BCUT2D eigenvalue weighted by Crippen LogP contribution is -2.45. The Kier molecular flexibility index (Phi) is 6.01. The summed E-state index contributed by atoms with van der Waals surface area (Å²) < 4.78 is 1.84. The van der Waals surface area contributed by atoms with E-state index in [0.717, 1.165) is 0 Å². The number of aromatic nitrogens is 2. The second kappa shape index (κ2) is 7.99. The largest absolute Gasteiger partial charge is 0.353 e. The standard InChI is InChI=1S/C15H16Cl2N4O2/c1-10(14(22)19-6-8-21-7-5-18-9-21)20-15(23)11-3-2-4-12(16)13(11)17/h2-5,7,9-10H,6,8H2,1H3,(H,19,22)(H,20,23)/t10-/m1/s1. The van der Waals surface area contributed by atoms with Gasteiger partial charge in [-0.25, -0.2) is 4.98 Å². The molecule has 2 aromatic rings. The van der Waals surface area contributed by atoms with E-state index in [-0.39, 0.29) is 21.5 Å². The van der Waals surface area contributed by atoms with Crippen LogP contribution in [-0.2, 0) is 11.3 Å². The van der Waals surface area contributed by atoms with E-state index in [1.54, 1.807) is 43.8 Å². The summed E-state index contributed by atoms with van der Waals surface area (Å²) in [6.07, 6.45) is 5.14. The molecule has 8 heteroatoms. The lowest BCUT2D eigenvalue weighted by molar-refractivity contribution is -0.122. The zero-order chi connectivity index (χ0) is 16.8. The highest BCUT2D eigenvalue weighted by Crippen LogP contribution is 2.25. The number of imidazole rings is 1. The number of nitrogens with one attached hydrogen (secondary N) is 2. The van der Waals surface area contributed by atoms with Gasteiger partial charge in [0.15, 0.2) is 0 Å². The molecule has 0 aliphatic rings. The van der Waals surface area contributed by atoms with Crippen molar-refractivity contribution in [1.82, 2.24) is 20.2 Å². The highest BCUT2D eigenvalue weighted by Gasteiger charge is 2.18. The normalized spacial score (nSPS) is 11.8. The van der Waals surface area contributed by atoms with Gasteiger partial charge < -0.3 is 15.2 Å². The summed E-state index contributed by atoms with van der Waals surface area (Å²) >= 11 is 11.9. The molecule has 2 N–H and O–H groups in total. The van der Waals surface area contributed by atoms with Gasteiger partial charge in [-0.3, -0.25) is 9.59 Å². The van der Waals surface area contributed by atoms with Crippen molar-refractivity contribution < 1.29 is 9.59 Å². The van der Waals surface area contributed by atoms with Gasteiger partial charge in [0.25, 0.3) is 5.91 Å². The molecule has 1 heterocycles. The molecule has 0 saturated carbocycles. The van der Waals surface area contributed by atoms with Crippen molar-refractivity contribution in [2.45, 2.75) is 19.5 Å². The Bertz CT molecular complexity index is 689. The lowest BCUT2D eigenvalue weighted by Gasteiger charge is -2.15. The summed E-state index contributed by atoms with van der Waals surface area (Å²) in [5.41, 5.74) is 0.234. The molecule has 0 radical (unpaired) electrons. The molecule has 6 nitrogen and oxygen atoms in total. The molecule has 0 spiro atoms. The van der Waals surface area contributed by atoms with Crippen LogP contribution in [0.5, 0.6) is 0 Å². The zero-order valence-corrected chi connectivity index (χ0v) is 13.9. The number of hydrogen-bond donors (Lipinski definition) is 2. The van der Waals surface area contributed by atoms with Gasteiger partial charge in [-0.15, -0.1) is 0 Å². The second-order valence-corrected chi connectivity index (χ2v) is 5.67. The molecule has 23 heavy (non-hydrogen) atoms. The van der Waals surface area contributed by atoms with Crippen molar-refractivity contribution in [1.29, 1.82) is 0 Å². The van der Waals surface area contributed by atoms with Crippen LogP contribution in [0, 0.1) is 0 Å². The van der Waals surface area contributed by atoms with E-state index < -0.39 is 11.9 Å². The molecule has 0 bridgehead atoms. The van der Waals surface area contributed by atoms with Crippen LogP contribution in [0.25, 0.3) is 0 Å². The minimum absolute atomic E-state index is 0.166. The third-order valence-electron chi connectivity index (χ3n) is 3.17. The highest BCUT2D eigenvalue weighted by atomic mass is 35.5. The number of benzene rings is 1. The van der Waals surface area contributed by atoms with E-state index in [9.17, 15) is 9.59 Å². The van der Waals surface area contributed by atoms with Crippen LogP contribution in [0.4, 0.5) is 0 Å². The van der Waals surface area contributed by atoms with Crippen LogP contribution in [-0.4, -0.2) is 34.0 Å². The Labute approximate surface area is 143 Å². The number of amides is 2. The number of rotatable bonds is 6. The first-order valence-corrected chi connectivity index (χ1v) is 7.73. The van der Waals surface area contributed by atoms with E-state index in [2.05, 4.69) is 15.6 Å². The topological polar surface area (TPSA) is 76.0 Å². The van der Waals surface area contributed by atoms with Crippen LogP contribution in [0.2, 0.25) is 10.0 Å². The first-order chi connectivity index (χ1) is 11.0. The first-order valence-electron chi connectivity index (χ1n) is 6.97. The molecule has 1 aromatic heterocycles. The average molecular weight is 355 g/mol. The molecule has 0 aliphatic carbocycles. The molecule has 0 unspecified atom stereocenters. The zero-order valence-electron chi connectivity index (χ0n) is 12.4. The number of carbonyl (C=O) groups is 2. The van der Waals surface area contributed by atoms with Crippen molar-refractivity contribution in [3.63, 3.8) is 0 Å². The van der Waals surface area contributed by atoms with Gasteiger partial charge in [0.2, 0.25) is 5.91 Å². The van der Waals surface area contributed by atoms with E-state index in [1.807, 2.05) is 4.57 Å². The van der Waals surface area contributed by atoms with Crippen molar-refractivity contribution in [3.05, 3.63) is 52.5 Å². The van der Waals surface area contributed by atoms with Gasteiger partial charge in [-0.2, -0.15) is 0 Å². The molecule has 122 valence electrons. The SMILES string of the molecule is C[C@@H](NC(=O)c1cccc(Cl)c1Cl)C(=O)NCCn1ccnc1. The first kappa shape index (κ1) is 17.3. The predicted octanol–water partition coefficient (Wildman–Crippen LogP) is 2.12. The number of carbonyl (C=O) groups excluding carboxylic acids is 2. The Morgan fingerprint density at radius 2 is 2.13 bits per heavy atom. The fraction of sp³-hybridized carbons (Fsp3) is 0.267. The summed E-state index contributed by atoms with van der Waals surface area (Å²) in [7, 11) is 0. The summed E-state index contributed by atoms with van der Waals surface area (Å²) in [6.45, 7) is 2.64. The van der Waals surface area contributed by atoms with Crippen LogP contribution >= 0.6 is 23.2 Å². The Morgan fingerprint density at radius 1 is 1.35 bits per heavy atom. The van der Waals surface area contributed by atoms with Gasteiger partial charge in [0.1, 0.15) is 6.04 Å². The van der Waals surface area contributed by atoms with Crippen LogP contribution in [0.1, 0.15) is 17.3 Å². The molecule has 2 amide bonds. The quantitative estimate of drug-likeness (QED) is 0.834. The van der Waals surface area contributed by atoms with E-state index >= 15 is 0 Å². The van der Waals surface area contributed by atoms with Crippen LogP contribution in [0.15, 0.2) is 36.9 Å². The van der Waals surface area contributed by atoms with Crippen LogP contribution < -0.4 is 10.6 Å². The lowest BCUT2D eigenvalue weighted by atomic mass is 10.2. The van der Waals surface area contributed by atoms with E-state index in [4.69, 9.17) is 23.2 Å². The number of halogens is 2. The third-order valence-corrected chi connectivity index (χ3v) is 3.98. The highest BCUT2D eigenvalue weighted by molar-refractivity contribution is 6.43. The Balaban J connectivity index is 1.85. The maximum Gasteiger partial charge on any atom is 0.253 e. The van der Waals surface area contributed by atoms with Gasteiger partial charge in [0.05, 0.1) is 21.9 Å². The fourth-order valence-electron chi connectivity index (χ4n) is 1.90. The average Bonchev–Trinajstić information content (AvgIpc) is 3.03. The van der Waals surface area contributed by atoms with E-state index in [1.165, 1.54) is 0 Å². The molecular formula is C15H16Cl2N4O2. The van der Waals surface area contributed by atoms with Gasteiger partial charge in [0, 0.05) is 25.5 Å². The molecule has 1 aromatic carbocycles. The molecule has 1 atom stereocenters. The smallest absolute Gasteiger partial charge is 0.253 e. The molecule has 2 rings (SSSR count). The summed E-state index contributed by atoms with van der Waals surface area (Å²) in [5, 5.41) is 5.79. The summed E-state index contributed by atoms with van der Waals surface area (Å²) in [6, 6.07) is 4.07. The van der Waals surface area contributed by atoms with Crippen molar-refractivity contribution in [2.75, 3.05) is 6.54 Å². The van der Waals surface area contributed by atoms with Gasteiger partial charge in [-0.05, 0) is 19.1 Å². The van der Waals surface area contributed by atoms with Crippen molar-refractivity contribution >= 4 is 35.0 Å². The van der Waals surface area contributed by atoms with Crippen molar-refractivity contribution in [3.8, 4) is 0 Å². The number of hydrogen-bond acceptors (Lipinski definition) is 3. The molecule has 0 saturated heterocycles. The van der Waals surface area contributed by atoms with Gasteiger partial charge in [-0.1, -0.05) is 29.3 Å². The Hall–Kier alpha value is -2.05. The van der Waals surface area contributed by atoms with Crippen molar-refractivity contribution in [2.24, 2.45) is 0 Å². The summed E-state index contributed by atoms with van der Waals surface area (Å²) in [5.74, 6) is -0.730. The molecule has 0 aliphatic heterocycles. The summed E-state index contributed by atoms with van der Waals surface area (Å²) in [4.78, 5) is 28.0. The van der Waals surface area contributed by atoms with Crippen LogP contribution in [0.3, 0.4) is 0 Å². The predicted molar refractivity (Wildman–Crippen MR) is 88.6 cm³/mol. The van der Waals surface area contributed by atoms with E-state index in [0.29, 0.717) is 13.1 Å². The maximum atomic E-state index is 12.1. The minimum Gasteiger partial charge on any atom is -0.353 e. The third kappa shape index (κ3) is 4.71. The van der Waals surface area contributed by atoms with Gasteiger partial charge >= 0.3 is 0 Å².